The van der Waals surface area contributed by atoms with Gasteiger partial charge in [0.25, 0.3) is 5.91 Å². The minimum absolute atomic E-state index is 0.192. The van der Waals surface area contributed by atoms with Crippen LogP contribution in [0.3, 0.4) is 0 Å². The Morgan fingerprint density at radius 2 is 1.84 bits per heavy atom. The Balaban J connectivity index is 1.63. The molecule has 3 aromatic carbocycles. The Kier molecular flexibility index (Phi) is 7.29. The molecule has 0 aliphatic heterocycles. The van der Waals surface area contributed by atoms with E-state index in [1.54, 1.807) is 54.6 Å². The van der Waals surface area contributed by atoms with Crippen molar-refractivity contribution in [2.75, 3.05) is 19.0 Å². The van der Waals surface area contributed by atoms with Gasteiger partial charge in [-0.1, -0.05) is 27.5 Å². The number of carbonyl (C=O) groups is 2. The maximum Gasteiger partial charge on any atom is 0.262 e. The van der Waals surface area contributed by atoms with Crippen LogP contribution in [-0.2, 0) is 4.79 Å². The van der Waals surface area contributed by atoms with Crippen molar-refractivity contribution in [2.45, 2.75) is 0 Å². The summed E-state index contributed by atoms with van der Waals surface area (Å²) in [6, 6.07) is 18.2. The van der Waals surface area contributed by atoms with Crippen LogP contribution in [0.2, 0.25) is 5.02 Å². The summed E-state index contributed by atoms with van der Waals surface area (Å²) in [5.74, 6) is 0.247. The highest BCUT2D eigenvalue weighted by atomic mass is 79.9. The summed E-state index contributed by atoms with van der Waals surface area (Å²) in [5, 5.41) is 12.1. The predicted octanol–water partition coefficient (Wildman–Crippen LogP) is 5.23. The summed E-state index contributed by atoms with van der Waals surface area (Å²) in [4.78, 5) is 24.9. The van der Waals surface area contributed by atoms with E-state index in [0.717, 1.165) is 0 Å². The molecular formula is C23H16BrClN2O4. The van der Waals surface area contributed by atoms with Gasteiger partial charge in [0, 0.05) is 20.6 Å². The number of ether oxygens (including phenoxy) is 2. The summed E-state index contributed by atoms with van der Waals surface area (Å²) < 4.78 is 11.3. The molecule has 0 radical (unpaired) electrons. The molecule has 3 rings (SSSR count). The maximum absolute atomic E-state index is 12.7. The second kappa shape index (κ2) is 10.1. The van der Waals surface area contributed by atoms with E-state index in [-0.39, 0.29) is 12.4 Å². The van der Waals surface area contributed by atoms with Gasteiger partial charge in [-0.25, -0.2) is 0 Å². The van der Waals surface area contributed by atoms with E-state index in [1.807, 2.05) is 6.07 Å². The smallest absolute Gasteiger partial charge is 0.262 e. The fourth-order valence-corrected chi connectivity index (χ4v) is 3.34. The van der Waals surface area contributed by atoms with Gasteiger partial charge in [0.15, 0.2) is 12.4 Å². The molecule has 8 heteroatoms. The third-order valence-corrected chi connectivity index (χ3v) is 5.19. The van der Waals surface area contributed by atoms with Crippen LogP contribution in [0.15, 0.2) is 65.1 Å². The fraction of sp³-hybridized carbons (Fsp3) is 0.0870. The zero-order chi connectivity index (χ0) is 22.4. The van der Waals surface area contributed by atoms with Gasteiger partial charge in [-0.3, -0.25) is 9.59 Å². The molecule has 0 bridgehead atoms. The summed E-state index contributed by atoms with van der Waals surface area (Å²) >= 11 is 9.34. The lowest BCUT2D eigenvalue weighted by Crippen LogP contribution is -2.20. The highest BCUT2D eigenvalue weighted by Gasteiger charge is 2.14. The molecule has 1 amide bonds. The first-order valence-corrected chi connectivity index (χ1v) is 10.2. The number of rotatable bonds is 7. The highest BCUT2D eigenvalue weighted by Crippen LogP contribution is 2.26. The molecule has 1 N–H and O–H groups in total. The largest absolute Gasteiger partial charge is 0.495 e. The number of anilines is 1. The number of nitriles is 1. The molecule has 0 unspecified atom stereocenters. The number of halogens is 2. The number of ketones is 1. The average molecular weight is 500 g/mol. The topological polar surface area (TPSA) is 88.4 Å². The van der Waals surface area contributed by atoms with E-state index >= 15 is 0 Å². The number of benzene rings is 3. The SMILES string of the molecule is COc1ccc(C#N)cc1NC(=O)COc1ccc(C(=O)c2cc(Cl)ccc2Br)cc1. The lowest BCUT2D eigenvalue weighted by atomic mass is 10.0. The van der Waals surface area contributed by atoms with Gasteiger partial charge in [0.05, 0.1) is 24.4 Å². The number of hydrogen-bond donors (Lipinski definition) is 1. The van der Waals surface area contributed by atoms with Crippen molar-refractivity contribution in [3.8, 4) is 17.6 Å². The van der Waals surface area contributed by atoms with Crippen molar-refractivity contribution < 1.29 is 19.1 Å². The second-order valence-electron chi connectivity index (χ2n) is 6.34. The van der Waals surface area contributed by atoms with Crippen LogP contribution in [0.1, 0.15) is 21.5 Å². The molecule has 0 aliphatic carbocycles. The van der Waals surface area contributed by atoms with Gasteiger partial charge in [-0.2, -0.15) is 5.26 Å². The quantitative estimate of drug-likeness (QED) is 0.450. The third kappa shape index (κ3) is 5.63. The molecule has 0 atom stereocenters. The minimum Gasteiger partial charge on any atom is -0.495 e. The molecule has 0 aliphatic rings. The molecule has 0 spiro atoms. The summed E-state index contributed by atoms with van der Waals surface area (Å²) in [7, 11) is 1.47. The zero-order valence-electron chi connectivity index (χ0n) is 16.3. The van der Waals surface area contributed by atoms with Gasteiger partial charge in [0.2, 0.25) is 0 Å². The molecule has 0 heterocycles. The lowest BCUT2D eigenvalue weighted by molar-refractivity contribution is -0.118. The Hall–Kier alpha value is -3.34. The molecule has 0 saturated heterocycles. The predicted molar refractivity (Wildman–Crippen MR) is 121 cm³/mol. The normalized spacial score (nSPS) is 10.1. The van der Waals surface area contributed by atoms with Crippen LogP contribution < -0.4 is 14.8 Å². The van der Waals surface area contributed by atoms with Crippen molar-refractivity contribution in [3.63, 3.8) is 0 Å². The van der Waals surface area contributed by atoms with E-state index in [0.29, 0.717) is 43.4 Å². The number of carbonyl (C=O) groups excluding carboxylic acids is 2. The molecule has 3 aromatic rings. The summed E-state index contributed by atoms with van der Waals surface area (Å²) in [6.07, 6.45) is 0. The monoisotopic (exact) mass is 498 g/mol. The number of hydrogen-bond acceptors (Lipinski definition) is 5. The second-order valence-corrected chi connectivity index (χ2v) is 7.63. The van der Waals surface area contributed by atoms with Crippen LogP contribution in [0.4, 0.5) is 5.69 Å². The Morgan fingerprint density at radius 3 is 2.52 bits per heavy atom. The van der Waals surface area contributed by atoms with Crippen molar-refractivity contribution in [1.29, 1.82) is 5.26 Å². The molecule has 0 aromatic heterocycles. The third-order valence-electron chi connectivity index (χ3n) is 4.26. The van der Waals surface area contributed by atoms with Crippen molar-refractivity contribution in [1.82, 2.24) is 0 Å². The van der Waals surface area contributed by atoms with Gasteiger partial charge in [-0.05, 0) is 60.7 Å². The molecular weight excluding hydrogens is 484 g/mol. The van der Waals surface area contributed by atoms with Gasteiger partial charge >= 0.3 is 0 Å². The van der Waals surface area contributed by atoms with Crippen LogP contribution in [0, 0.1) is 11.3 Å². The number of methoxy groups -OCH3 is 1. The zero-order valence-corrected chi connectivity index (χ0v) is 18.7. The van der Waals surface area contributed by atoms with Crippen molar-refractivity contribution >= 4 is 44.9 Å². The Morgan fingerprint density at radius 1 is 1.10 bits per heavy atom. The first-order chi connectivity index (χ1) is 14.9. The maximum atomic E-state index is 12.7. The highest BCUT2D eigenvalue weighted by molar-refractivity contribution is 9.10. The van der Waals surface area contributed by atoms with Gasteiger partial charge in [-0.15, -0.1) is 0 Å². The Labute approximate surface area is 192 Å². The molecule has 31 heavy (non-hydrogen) atoms. The first-order valence-electron chi connectivity index (χ1n) is 9.02. The fourth-order valence-electron chi connectivity index (χ4n) is 2.74. The standard InChI is InChI=1S/C23H16BrClN2O4/c1-30-21-9-2-14(12-26)10-20(21)27-22(28)13-31-17-6-3-15(4-7-17)23(29)18-11-16(25)5-8-19(18)24/h2-11H,13H2,1H3,(H,27,28). The van der Waals surface area contributed by atoms with Crippen LogP contribution in [0.25, 0.3) is 0 Å². The number of nitrogens with zero attached hydrogens (tertiary/aromatic N) is 1. The van der Waals surface area contributed by atoms with E-state index in [9.17, 15) is 9.59 Å². The number of amides is 1. The van der Waals surface area contributed by atoms with Gasteiger partial charge in [0.1, 0.15) is 11.5 Å². The van der Waals surface area contributed by atoms with Crippen LogP contribution >= 0.6 is 27.5 Å². The van der Waals surface area contributed by atoms with Crippen molar-refractivity contribution in [3.05, 3.63) is 86.8 Å². The summed E-state index contributed by atoms with van der Waals surface area (Å²) in [5.41, 5.74) is 1.68. The molecule has 0 saturated carbocycles. The van der Waals surface area contributed by atoms with E-state index < -0.39 is 5.91 Å². The van der Waals surface area contributed by atoms with Crippen molar-refractivity contribution in [2.24, 2.45) is 0 Å². The lowest BCUT2D eigenvalue weighted by Gasteiger charge is -2.11. The van der Waals surface area contributed by atoms with E-state index in [2.05, 4.69) is 21.2 Å². The molecule has 0 fully saturated rings. The van der Waals surface area contributed by atoms with Gasteiger partial charge < -0.3 is 14.8 Å². The Bertz CT molecular complexity index is 1170. The number of nitrogens with one attached hydrogen (secondary N) is 1. The molecule has 6 nitrogen and oxygen atoms in total. The van der Waals surface area contributed by atoms with E-state index in [1.165, 1.54) is 13.2 Å². The van der Waals surface area contributed by atoms with Crippen LogP contribution in [0.5, 0.6) is 11.5 Å². The first kappa shape index (κ1) is 22.3. The summed E-state index contributed by atoms with van der Waals surface area (Å²) in [6.45, 7) is -0.257. The van der Waals surface area contributed by atoms with E-state index in [4.69, 9.17) is 26.3 Å². The minimum atomic E-state index is -0.420. The molecule has 156 valence electrons. The van der Waals surface area contributed by atoms with Crippen LogP contribution in [-0.4, -0.2) is 25.4 Å². The average Bonchev–Trinajstić information content (AvgIpc) is 2.79.